The van der Waals surface area contributed by atoms with Gasteiger partial charge in [0.2, 0.25) is 0 Å². The van der Waals surface area contributed by atoms with Crippen molar-refractivity contribution < 1.29 is 9.84 Å². The van der Waals surface area contributed by atoms with Crippen LogP contribution in [-0.2, 0) is 4.74 Å². The van der Waals surface area contributed by atoms with Crippen LogP contribution in [0.25, 0.3) is 0 Å². The fourth-order valence-electron chi connectivity index (χ4n) is 2.60. The van der Waals surface area contributed by atoms with Crippen molar-refractivity contribution in [3.8, 4) is 0 Å². The summed E-state index contributed by atoms with van der Waals surface area (Å²) in [5, 5.41) is 13.8. The Morgan fingerprint density at radius 1 is 1.44 bits per heavy atom. The van der Waals surface area contributed by atoms with Gasteiger partial charge in [0.05, 0.1) is 6.61 Å². The van der Waals surface area contributed by atoms with Gasteiger partial charge in [-0.3, -0.25) is 0 Å². The van der Waals surface area contributed by atoms with Gasteiger partial charge in [-0.15, -0.1) is 11.8 Å². The molecule has 3 nitrogen and oxygen atoms in total. The number of thioether (sulfide) groups is 1. The van der Waals surface area contributed by atoms with Gasteiger partial charge in [-0.1, -0.05) is 18.2 Å². The summed E-state index contributed by atoms with van der Waals surface area (Å²) in [6, 6.07) is 8.92. The Balaban J connectivity index is 1.67. The van der Waals surface area contributed by atoms with E-state index < -0.39 is 5.60 Å². The number of fused-ring (bicyclic) bond motifs is 1. The predicted octanol–water partition coefficient (Wildman–Crippen LogP) is 1.96. The lowest BCUT2D eigenvalue weighted by atomic mass is 10.00. The molecule has 0 aliphatic carbocycles. The molecule has 98 valence electrons. The van der Waals surface area contributed by atoms with Gasteiger partial charge in [-0.2, -0.15) is 0 Å². The molecule has 2 aliphatic rings. The summed E-state index contributed by atoms with van der Waals surface area (Å²) in [6.07, 6.45) is 1.86. The van der Waals surface area contributed by atoms with Crippen LogP contribution in [0.15, 0.2) is 29.2 Å². The lowest BCUT2D eigenvalue weighted by Gasteiger charge is -2.29. The summed E-state index contributed by atoms with van der Waals surface area (Å²) < 4.78 is 5.28. The molecule has 4 heteroatoms. The van der Waals surface area contributed by atoms with Gasteiger partial charge in [0, 0.05) is 30.5 Å². The number of nitrogens with one attached hydrogen (secondary N) is 1. The molecule has 0 bridgehead atoms. The molecule has 18 heavy (non-hydrogen) atoms. The number of rotatable bonds is 3. The molecule has 0 amide bonds. The normalized spacial score (nSPS) is 31.3. The fourth-order valence-corrected chi connectivity index (χ4v) is 3.73. The monoisotopic (exact) mass is 265 g/mol. The second-order valence-electron chi connectivity index (χ2n) is 5.14. The van der Waals surface area contributed by atoms with Gasteiger partial charge in [-0.25, -0.2) is 0 Å². The minimum Gasteiger partial charge on any atom is -0.386 e. The molecular formula is C14H19NO2S. The van der Waals surface area contributed by atoms with Crippen LogP contribution in [0.3, 0.4) is 0 Å². The highest BCUT2D eigenvalue weighted by atomic mass is 32.2. The van der Waals surface area contributed by atoms with Crippen LogP contribution >= 0.6 is 11.8 Å². The van der Waals surface area contributed by atoms with E-state index >= 15 is 0 Å². The summed E-state index contributed by atoms with van der Waals surface area (Å²) in [5.41, 5.74) is 0.704. The highest BCUT2D eigenvalue weighted by molar-refractivity contribution is 7.99. The summed E-state index contributed by atoms with van der Waals surface area (Å²) in [7, 11) is 0. The highest BCUT2D eigenvalue weighted by Crippen LogP contribution is 2.36. The highest BCUT2D eigenvalue weighted by Gasteiger charge is 2.33. The lowest BCUT2D eigenvalue weighted by molar-refractivity contribution is 0.0246. The van der Waals surface area contributed by atoms with E-state index in [0.29, 0.717) is 25.8 Å². The number of ether oxygens (including phenoxy) is 1. The van der Waals surface area contributed by atoms with Crippen molar-refractivity contribution in [1.82, 2.24) is 5.32 Å². The topological polar surface area (TPSA) is 41.5 Å². The average molecular weight is 265 g/mol. The largest absolute Gasteiger partial charge is 0.386 e. The molecule has 2 heterocycles. The van der Waals surface area contributed by atoms with E-state index in [0.717, 1.165) is 18.6 Å². The van der Waals surface area contributed by atoms with Crippen molar-refractivity contribution in [2.45, 2.75) is 29.4 Å². The minimum atomic E-state index is -0.667. The van der Waals surface area contributed by atoms with E-state index in [4.69, 9.17) is 4.74 Å². The molecular weight excluding hydrogens is 246 g/mol. The zero-order chi connectivity index (χ0) is 12.4. The summed E-state index contributed by atoms with van der Waals surface area (Å²) in [6.45, 7) is 1.76. The van der Waals surface area contributed by atoms with Crippen LogP contribution in [0.5, 0.6) is 0 Å². The Labute approximate surface area is 112 Å². The Morgan fingerprint density at radius 2 is 2.33 bits per heavy atom. The maximum absolute atomic E-state index is 10.3. The van der Waals surface area contributed by atoms with Crippen molar-refractivity contribution >= 4 is 11.8 Å². The first-order valence-electron chi connectivity index (χ1n) is 6.52. The number of aliphatic hydroxyl groups is 1. The van der Waals surface area contributed by atoms with E-state index in [2.05, 4.69) is 29.6 Å². The molecule has 2 atom stereocenters. The predicted molar refractivity (Wildman–Crippen MR) is 72.9 cm³/mol. The van der Waals surface area contributed by atoms with Crippen molar-refractivity contribution in [2.75, 3.05) is 25.5 Å². The van der Waals surface area contributed by atoms with Gasteiger partial charge in [0.25, 0.3) is 0 Å². The fraction of sp³-hybridized carbons (Fsp3) is 0.571. The van der Waals surface area contributed by atoms with Crippen molar-refractivity contribution in [3.63, 3.8) is 0 Å². The Bertz CT molecular complexity index is 418. The number of benzene rings is 1. The summed E-state index contributed by atoms with van der Waals surface area (Å²) in [4.78, 5) is 1.37. The third kappa shape index (κ3) is 2.57. The molecule has 2 aliphatic heterocycles. The second-order valence-corrected chi connectivity index (χ2v) is 6.27. The minimum absolute atomic E-state index is 0.368. The third-order valence-electron chi connectivity index (χ3n) is 3.72. The third-order valence-corrected chi connectivity index (χ3v) is 4.84. The zero-order valence-electron chi connectivity index (χ0n) is 10.4. The first-order chi connectivity index (χ1) is 8.77. The van der Waals surface area contributed by atoms with Crippen LogP contribution in [0.4, 0.5) is 0 Å². The average Bonchev–Trinajstić information content (AvgIpc) is 2.84. The van der Waals surface area contributed by atoms with Gasteiger partial charge >= 0.3 is 0 Å². The number of hydrogen-bond acceptors (Lipinski definition) is 4. The molecule has 3 rings (SSSR count). The second kappa shape index (κ2) is 5.21. The molecule has 0 radical (unpaired) electrons. The zero-order valence-corrected chi connectivity index (χ0v) is 11.2. The molecule has 1 fully saturated rings. The molecule has 2 N–H and O–H groups in total. The molecule has 0 aromatic heterocycles. The van der Waals surface area contributed by atoms with Crippen molar-refractivity contribution in [1.29, 1.82) is 0 Å². The van der Waals surface area contributed by atoms with E-state index in [-0.39, 0.29) is 0 Å². The van der Waals surface area contributed by atoms with Crippen LogP contribution in [-0.4, -0.2) is 36.2 Å². The first kappa shape index (κ1) is 12.5. The van der Waals surface area contributed by atoms with Gasteiger partial charge in [0.15, 0.2) is 0 Å². The summed E-state index contributed by atoms with van der Waals surface area (Å²) >= 11 is 1.92. The molecule has 1 saturated heterocycles. The Morgan fingerprint density at radius 3 is 3.17 bits per heavy atom. The smallest absolute Gasteiger partial charge is 0.103 e. The van der Waals surface area contributed by atoms with Crippen LogP contribution in [0.2, 0.25) is 0 Å². The van der Waals surface area contributed by atoms with Crippen LogP contribution in [0, 0.1) is 0 Å². The SMILES string of the molecule is OC1(CNC2CCSc3ccccc32)CCOC1. The van der Waals surface area contributed by atoms with Gasteiger partial charge in [0.1, 0.15) is 5.60 Å². The van der Waals surface area contributed by atoms with Crippen LogP contribution < -0.4 is 5.32 Å². The summed E-state index contributed by atoms with van der Waals surface area (Å²) in [5.74, 6) is 1.14. The first-order valence-corrected chi connectivity index (χ1v) is 7.51. The number of hydrogen-bond donors (Lipinski definition) is 2. The van der Waals surface area contributed by atoms with Gasteiger partial charge in [-0.05, 0) is 23.8 Å². The quantitative estimate of drug-likeness (QED) is 0.877. The van der Waals surface area contributed by atoms with E-state index in [1.165, 1.54) is 10.5 Å². The van der Waals surface area contributed by atoms with E-state index in [1.807, 2.05) is 11.8 Å². The Hall–Kier alpha value is -0.550. The van der Waals surface area contributed by atoms with E-state index in [1.54, 1.807) is 0 Å². The van der Waals surface area contributed by atoms with Crippen molar-refractivity contribution in [2.24, 2.45) is 0 Å². The van der Waals surface area contributed by atoms with Gasteiger partial charge < -0.3 is 15.2 Å². The molecule has 0 spiro atoms. The lowest BCUT2D eigenvalue weighted by Crippen LogP contribution is -2.42. The maximum Gasteiger partial charge on any atom is 0.103 e. The van der Waals surface area contributed by atoms with E-state index in [9.17, 15) is 5.11 Å². The van der Waals surface area contributed by atoms with Crippen LogP contribution in [0.1, 0.15) is 24.4 Å². The molecule has 1 aromatic rings. The standard InChI is InChI=1S/C14H19NO2S/c16-14(6-7-17-10-14)9-15-12-5-8-18-13-4-2-1-3-11(12)13/h1-4,12,15-16H,5-10H2. The molecule has 2 unspecified atom stereocenters. The molecule has 1 aromatic carbocycles. The maximum atomic E-state index is 10.3. The Kier molecular flexibility index (Phi) is 3.61. The molecule has 0 saturated carbocycles. The van der Waals surface area contributed by atoms with Crippen molar-refractivity contribution in [3.05, 3.63) is 29.8 Å².